The molecule has 0 fully saturated rings. The predicted octanol–water partition coefficient (Wildman–Crippen LogP) is 5.90. The molecule has 0 aliphatic rings. The maximum atomic E-state index is 12.0. The monoisotopic (exact) mass is 678 g/mol. The van der Waals surface area contributed by atoms with Gasteiger partial charge in [-0.25, -0.2) is 29.5 Å². The zero-order valence-electron chi connectivity index (χ0n) is 28.9. The molecule has 14 nitrogen and oxygen atoms in total. The number of rotatable bonds is 13. The number of carboxylic acids is 1. The molecule has 0 atom stereocenters. The molecule has 0 bridgehead atoms. The number of hydrogen-bond acceptors (Lipinski definition) is 11. The number of hydrogen-bond donors (Lipinski definition) is 5. The average Bonchev–Trinajstić information content (AvgIpc) is 3.76. The Balaban J connectivity index is 0.000000195. The van der Waals surface area contributed by atoms with Gasteiger partial charge in [-0.05, 0) is 83.6 Å². The first-order valence-corrected chi connectivity index (χ1v) is 16.6. The molecule has 0 saturated carbocycles. The van der Waals surface area contributed by atoms with E-state index in [0.717, 1.165) is 54.0 Å². The lowest BCUT2D eigenvalue weighted by molar-refractivity contribution is 0.0523. The van der Waals surface area contributed by atoms with Crippen molar-refractivity contribution in [3.05, 3.63) is 93.8 Å². The molecule has 50 heavy (non-hydrogen) atoms. The number of aryl methyl sites for hydroxylation is 6. The molecule has 0 aliphatic carbocycles. The van der Waals surface area contributed by atoms with E-state index in [4.69, 9.17) is 9.84 Å². The summed E-state index contributed by atoms with van der Waals surface area (Å²) in [7, 11) is 0. The van der Waals surface area contributed by atoms with Gasteiger partial charge in [0.05, 0.1) is 52.8 Å². The summed E-state index contributed by atoms with van der Waals surface area (Å²) in [6, 6.07) is 12.3. The molecule has 4 heterocycles. The maximum Gasteiger partial charge on any atom is 0.341 e. The van der Waals surface area contributed by atoms with Gasteiger partial charge in [0.2, 0.25) is 11.9 Å². The molecule has 0 saturated heterocycles. The number of aromatic carboxylic acids is 1. The summed E-state index contributed by atoms with van der Waals surface area (Å²) in [5.74, 6) is -0.363. The highest BCUT2D eigenvalue weighted by Gasteiger charge is 2.17. The van der Waals surface area contributed by atoms with Crippen LogP contribution < -0.4 is 10.6 Å². The Bertz CT molecular complexity index is 2060. The number of aromatic nitrogens is 8. The highest BCUT2D eigenvalue weighted by molar-refractivity contribution is 5.92. The van der Waals surface area contributed by atoms with Crippen molar-refractivity contribution in [2.24, 2.45) is 0 Å². The van der Waals surface area contributed by atoms with Crippen LogP contribution in [-0.2, 0) is 17.6 Å². The number of carbonyl (C=O) groups excluding carboxylic acids is 1. The Morgan fingerprint density at radius 3 is 1.56 bits per heavy atom. The average molecular weight is 679 g/mol. The number of ether oxygens (including phenoxy) is 1. The van der Waals surface area contributed by atoms with Crippen LogP contribution in [0.15, 0.2) is 48.8 Å². The molecule has 260 valence electrons. The molecule has 0 aliphatic heterocycles. The van der Waals surface area contributed by atoms with Crippen LogP contribution in [0.3, 0.4) is 0 Å². The van der Waals surface area contributed by atoms with Gasteiger partial charge in [-0.3, -0.25) is 10.2 Å². The zero-order valence-corrected chi connectivity index (χ0v) is 28.9. The van der Waals surface area contributed by atoms with Crippen molar-refractivity contribution in [1.29, 1.82) is 0 Å². The zero-order chi connectivity index (χ0) is 35.6. The van der Waals surface area contributed by atoms with Crippen LogP contribution in [0.1, 0.15) is 74.4 Å². The fourth-order valence-corrected chi connectivity index (χ4v) is 5.85. The summed E-state index contributed by atoms with van der Waals surface area (Å²) in [5, 5.41) is 32.0. The van der Waals surface area contributed by atoms with E-state index in [0.29, 0.717) is 53.4 Å². The third-order valence-corrected chi connectivity index (χ3v) is 8.20. The van der Waals surface area contributed by atoms with Crippen molar-refractivity contribution >= 4 is 45.6 Å². The first-order valence-electron chi connectivity index (χ1n) is 16.6. The minimum absolute atomic E-state index is 0.173. The summed E-state index contributed by atoms with van der Waals surface area (Å²) in [6.45, 7) is 10.5. The molecule has 14 heteroatoms. The quantitative estimate of drug-likeness (QED) is 0.0717. The van der Waals surface area contributed by atoms with E-state index in [2.05, 4.69) is 63.1 Å². The largest absolute Gasteiger partial charge is 0.478 e. The maximum absolute atomic E-state index is 12.0. The predicted molar refractivity (Wildman–Crippen MR) is 192 cm³/mol. The minimum Gasteiger partial charge on any atom is -0.478 e. The van der Waals surface area contributed by atoms with E-state index < -0.39 is 5.97 Å². The fraction of sp³-hybridized carbons (Fsp3) is 0.333. The van der Waals surface area contributed by atoms with Crippen LogP contribution >= 0.6 is 0 Å². The molecule has 0 amide bonds. The van der Waals surface area contributed by atoms with Crippen molar-refractivity contribution in [2.45, 2.75) is 60.3 Å². The van der Waals surface area contributed by atoms with Gasteiger partial charge in [0.1, 0.15) is 11.1 Å². The Hall–Kier alpha value is -5.92. The highest BCUT2D eigenvalue weighted by atomic mass is 16.5. The number of aromatic amines is 2. The summed E-state index contributed by atoms with van der Waals surface area (Å²) in [4.78, 5) is 40.3. The number of nitrogens with zero attached hydrogens (tertiary/aromatic N) is 6. The number of anilines is 2. The van der Waals surface area contributed by atoms with E-state index in [1.54, 1.807) is 34.6 Å². The highest BCUT2D eigenvalue weighted by Crippen LogP contribution is 2.20. The van der Waals surface area contributed by atoms with Crippen LogP contribution in [-0.4, -0.2) is 77.1 Å². The van der Waals surface area contributed by atoms with Crippen molar-refractivity contribution in [2.75, 3.05) is 30.3 Å². The molecule has 4 aromatic heterocycles. The van der Waals surface area contributed by atoms with E-state index in [-0.39, 0.29) is 11.5 Å². The molecule has 6 rings (SSSR count). The van der Waals surface area contributed by atoms with Gasteiger partial charge in [-0.2, -0.15) is 10.2 Å². The Morgan fingerprint density at radius 1 is 0.700 bits per heavy atom. The molecule has 0 spiro atoms. The van der Waals surface area contributed by atoms with Crippen molar-refractivity contribution in [3.63, 3.8) is 0 Å². The molecule has 2 aromatic carbocycles. The van der Waals surface area contributed by atoms with E-state index >= 15 is 0 Å². The second-order valence-corrected chi connectivity index (χ2v) is 11.8. The van der Waals surface area contributed by atoms with Crippen LogP contribution in [0.4, 0.5) is 11.9 Å². The molecular weight excluding hydrogens is 636 g/mol. The van der Waals surface area contributed by atoms with Crippen LogP contribution in [0.25, 0.3) is 21.8 Å². The van der Waals surface area contributed by atoms with Crippen molar-refractivity contribution in [1.82, 2.24) is 40.3 Å². The number of benzene rings is 2. The number of esters is 1. The Kier molecular flexibility index (Phi) is 11.6. The number of carbonyl (C=O) groups is 2. The molecule has 6 aromatic rings. The summed E-state index contributed by atoms with van der Waals surface area (Å²) >= 11 is 0. The third-order valence-electron chi connectivity index (χ3n) is 8.20. The Labute approximate surface area is 289 Å². The summed E-state index contributed by atoms with van der Waals surface area (Å²) in [5.41, 5.74) is 7.43. The number of nitrogens with one attached hydrogen (secondary N) is 4. The first-order chi connectivity index (χ1) is 24.2. The number of H-pyrrole nitrogens is 2. The lowest BCUT2D eigenvalue weighted by Crippen LogP contribution is -2.14. The summed E-state index contributed by atoms with van der Waals surface area (Å²) < 4.78 is 5.06. The third kappa shape index (κ3) is 8.56. The minimum atomic E-state index is -0.996. The second-order valence-electron chi connectivity index (χ2n) is 11.8. The lowest BCUT2D eigenvalue weighted by Gasteiger charge is -2.11. The van der Waals surface area contributed by atoms with Gasteiger partial charge in [-0.1, -0.05) is 24.3 Å². The molecule has 0 unspecified atom stereocenters. The number of fused-ring (bicyclic) bond motifs is 2. The first kappa shape index (κ1) is 35.4. The molecular formula is C36H42N10O4. The Morgan fingerprint density at radius 2 is 1.14 bits per heavy atom. The molecule has 0 radical (unpaired) electrons. The number of carboxylic acid groups (broad SMARTS) is 1. The smallest absolute Gasteiger partial charge is 0.341 e. The standard InChI is InChI=1S/C19H23N5O2.C17H19N5O2/c1-4-26-18(25)17-12(2)22-19(23-13(17)3)20-10-6-8-14-7-5-9-16-15(14)11-21-24-16;1-10-15(16(23)24)11(2)21-17(20-10)18-8-4-6-12-5-3-7-14-13(12)9-19-22-14/h5,7,9,11H,4,6,8,10H2,1-3H3,(H,21,24)(H,20,22,23);3,5,7,9H,4,6,8H2,1-2H3,(H,19,22)(H,23,24)(H,18,20,21). The topological polar surface area (TPSA) is 197 Å². The molecule has 5 N–H and O–H groups in total. The van der Waals surface area contributed by atoms with Crippen molar-refractivity contribution < 1.29 is 19.4 Å². The lowest BCUT2D eigenvalue weighted by atomic mass is 10.1. The van der Waals surface area contributed by atoms with Gasteiger partial charge in [-0.15, -0.1) is 0 Å². The van der Waals surface area contributed by atoms with E-state index in [1.807, 2.05) is 36.7 Å². The summed E-state index contributed by atoms with van der Waals surface area (Å²) in [6.07, 6.45) is 7.40. The van der Waals surface area contributed by atoms with Crippen LogP contribution in [0.2, 0.25) is 0 Å². The van der Waals surface area contributed by atoms with E-state index in [9.17, 15) is 9.59 Å². The van der Waals surface area contributed by atoms with E-state index in [1.165, 1.54) is 11.1 Å². The fourth-order valence-electron chi connectivity index (χ4n) is 5.85. The van der Waals surface area contributed by atoms with Gasteiger partial charge >= 0.3 is 11.9 Å². The van der Waals surface area contributed by atoms with Crippen molar-refractivity contribution in [3.8, 4) is 0 Å². The van der Waals surface area contributed by atoms with Gasteiger partial charge < -0.3 is 20.5 Å². The van der Waals surface area contributed by atoms with Gasteiger partial charge in [0.15, 0.2) is 0 Å². The van der Waals surface area contributed by atoms with Gasteiger partial charge in [0, 0.05) is 23.9 Å². The van der Waals surface area contributed by atoms with Crippen LogP contribution in [0.5, 0.6) is 0 Å². The second kappa shape index (κ2) is 16.5. The van der Waals surface area contributed by atoms with Gasteiger partial charge in [0.25, 0.3) is 0 Å². The van der Waals surface area contributed by atoms with Crippen LogP contribution in [0, 0.1) is 27.7 Å². The SMILES string of the molecule is CCOC(=O)c1c(C)nc(NCCCc2cccc3[nH]ncc23)nc1C.Cc1nc(NCCCc2cccc3[nH]ncc23)nc(C)c1C(=O)O. The normalized spacial score (nSPS) is 10.9.